The third kappa shape index (κ3) is 4.28. The van der Waals surface area contributed by atoms with Crippen LogP contribution in [0.5, 0.6) is 11.5 Å². The van der Waals surface area contributed by atoms with E-state index in [0.29, 0.717) is 5.75 Å². The lowest BCUT2D eigenvalue weighted by Crippen LogP contribution is -2.26. The molecule has 27 heavy (non-hydrogen) atoms. The molecular weight excluding hydrogens is 363 g/mol. The molecule has 0 saturated carbocycles. The van der Waals surface area contributed by atoms with Gasteiger partial charge in [-0.2, -0.15) is 0 Å². The van der Waals surface area contributed by atoms with Crippen LogP contribution in [0.4, 0.5) is 4.39 Å². The highest BCUT2D eigenvalue weighted by molar-refractivity contribution is 7.09. The SMILES string of the molecule is COc1cccc(C(NC(C)c2scnc2C)c2cc(F)ccc2OC)c1. The summed E-state index contributed by atoms with van der Waals surface area (Å²) in [6.45, 7) is 4.08. The summed E-state index contributed by atoms with van der Waals surface area (Å²) in [6, 6.07) is 12.1. The number of thiazole rings is 1. The van der Waals surface area contributed by atoms with Gasteiger partial charge in [-0.15, -0.1) is 11.3 Å². The first kappa shape index (κ1) is 19.3. The molecule has 0 aliphatic rings. The van der Waals surface area contributed by atoms with E-state index in [4.69, 9.17) is 9.47 Å². The van der Waals surface area contributed by atoms with E-state index in [0.717, 1.165) is 27.4 Å². The van der Waals surface area contributed by atoms with Gasteiger partial charge in [0.2, 0.25) is 0 Å². The fraction of sp³-hybridized carbons (Fsp3) is 0.286. The van der Waals surface area contributed by atoms with Crippen molar-refractivity contribution in [1.29, 1.82) is 0 Å². The summed E-state index contributed by atoms with van der Waals surface area (Å²) in [4.78, 5) is 5.49. The lowest BCUT2D eigenvalue weighted by molar-refractivity contribution is 0.397. The normalized spacial score (nSPS) is 13.2. The van der Waals surface area contributed by atoms with E-state index in [1.807, 2.05) is 36.7 Å². The van der Waals surface area contributed by atoms with Crippen molar-refractivity contribution in [3.63, 3.8) is 0 Å². The molecule has 3 rings (SSSR count). The molecule has 1 N–H and O–H groups in total. The lowest BCUT2D eigenvalue weighted by atomic mass is 9.96. The van der Waals surface area contributed by atoms with Crippen molar-refractivity contribution in [3.05, 3.63) is 75.5 Å². The van der Waals surface area contributed by atoms with Crippen molar-refractivity contribution >= 4 is 11.3 Å². The largest absolute Gasteiger partial charge is 0.497 e. The predicted molar refractivity (Wildman–Crippen MR) is 106 cm³/mol. The summed E-state index contributed by atoms with van der Waals surface area (Å²) in [7, 11) is 3.23. The zero-order chi connectivity index (χ0) is 19.4. The van der Waals surface area contributed by atoms with E-state index < -0.39 is 0 Å². The molecule has 0 aliphatic carbocycles. The van der Waals surface area contributed by atoms with Crippen LogP contribution < -0.4 is 14.8 Å². The predicted octanol–water partition coefficient (Wildman–Crippen LogP) is 5.05. The molecule has 0 amide bonds. The molecule has 142 valence electrons. The summed E-state index contributed by atoms with van der Waals surface area (Å²) >= 11 is 1.61. The van der Waals surface area contributed by atoms with Crippen molar-refractivity contribution in [1.82, 2.24) is 10.3 Å². The minimum absolute atomic E-state index is 0.0293. The number of nitrogens with one attached hydrogen (secondary N) is 1. The zero-order valence-corrected chi connectivity index (χ0v) is 16.6. The van der Waals surface area contributed by atoms with Gasteiger partial charge in [-0.1, -0.05) is 12.1 Å². The molecule has 0 spiro atoms. The van der Waals surface area contributed by atoms with Gasteiger partial charge in [0, 0.05) is 16.5 Å². The topological polar surface area (TPSA) is 43.4 Å². The molecule has 1 aromatic heterocycles. The molecule has 2 unspecified atom stereocenters. The maximum atomic E-state index is 14.1. The molecule has 3 aromatic rings. The van der Waals surface area contributed by atoms with Gasteiger partial charge < -0.3 is 9.47 Å². The number of ether oxygens (including phenoxy) is 2. The second kappa shape index (κ2) is 8.50. The highest BCUT2D eigenvalue weighted by Gasteiger charge is 2.23. The van der Waals surface area contributed by atoms with Gasteiger partial charge in [-0.25, -0.2) is 9.37 Å². The Kier molecular flexibility index (Phi) is 6.08. The van der Waals surface area contributed by atoms with Crippen LogP contribution in [0.3, 0.4) is 0 Å². The molecule has 2 aromatic carbocycles. The molecule has 2 atom stereocenters. The molecule has 6 heteroatoms. The number of halogens is 1. The van der Waals surface area contributed by atoms with Crippen LogP contribution in [0, 0.1) is 12.7 Å². The van der Waals surface area contributed by atoms with Gasteiger partial charge in [-0.05, 0) is 49.7 Å². The van der Waals surface area contributed by atoms with Crippen LogP contribution in [0.15, 0.2) is 48.0 Å². The number of hydrogen-bond donors (Lipinski definition) is 1. The van der Waals surface area contributed by atoms with Crippen molar-refractivity contribution in [3.8, 4) is 11.5 Å². The molecule has 1 heterocycles. The van der Waals surface area contributed by atoms with Crippen LogP contribution in [-0.2, 0) is 0 Å². The summed E-state index contributed by atoms with van der Waals surface area (Å²) in [6.07, 6.45) is 0. The summed E-state index contributed by atoms with van der Waals surface area (Å²) < 4.78 is 24.9. The lowest BCUT2D eigenvalue weighted by Gasteiger charge is -2.26. The van der Waals surface area contributed by atoms with E-state index in [1.165, 1.54) is 12.1 Å². The number of rotatable bonds is 7. The Morgan fingerprint density at radius 1 is 1.11 bits per heavy atom. The molecular formula is C21H23FN2O2S. The third-order valence-corrected chi connectivity index (χ3v) is 5.64. The average Bonchev–Trinajstić information content (AvgIpc) is 3.12. The van der Waals surface area contributed by atoms with Crippen LogP contribution >= 0.6 is 11.3 Å². The second-order valence-corrected chi connectivity index (χ2v) is 7.17. The van der Waals surface area contributed by atoms with Crippen molar-refractivity contribution in [2.75, 3.05) is 14.2 Å². The molecule has 0 bridgehead atoms. The number of aryl methyl sites for hydroxylation is 1. The van der Waals surface area contributed by atoms with Crippen LogP contribution in [0.1, 0.15) is 40.7 Å². The minimum atomic E-state index is -0.304. The number of hydrogen-bond acceptors (Lipinski definition) is 5. The first-order valence-electron chi connectivity index (χ1n) is 8.67. The molecule has 0 radical (unpaired) electrons. The van der Waals surface area contributed by atoms with Crippen molar-refractivity contribution in [2.45, 2.75) is 25.9 Å². The smallest absolute Gasteiger partial charge is 0.124 e. The third-order valence-electron chi connectivity index (χ3n) is 4.52. The number of nitrogens with zero attached hydrogens (tertiary/aromatic N) is 1. The Bertz CT molecular complexity index is 913. The quantitative estimate of drug-likeness (QED) is 0.617. The van der Waals surface area contributed by atoms with Gasteiger partial charge in [0.1, 0.15) is 17.3 Å². The molecule has 4 nitrogen and oxygen atoms in total. The van der Waals surface area contributed by atoms with Gasteiger partial charge in [0.25, 0.3) is 0 Å². The molecule has 0 saturated heterocycles. The Labute approximate surface area is 163 Å². The van der Waals surface area contributed by atoms with E-state index in [1.54, 1.807) is 31.6 Å². The van der Waals surface area contributed by atoms with Gasteiger partial charge >= 0.3 is 0 Å². The first-order chi connectivity index (χ1) is 13.0. The maximum Gasteiger partial charge on any atom is 0.124 e. The van der Waals surface area contributed by atoms with Crippen LogP contribution in [-0.4, -0.2) is 19.2 Å². The standard InChI is InChI=1S/C21H23FN2O2S/c1-13-21(27-12-23-13)14(2)24-20(15-6-5-7-17(10-15)25-3)18-11-16(22)8-9-19(18)26-4/h5-12,14,20,24H,1-4H3. The fourth-order valence-electron chi connectivity index (χ4n) is 3.17. The Morgan fingerprint density at radius 2 is 1.93 bits per heavy atom. The van der Waals surface area contributed by atoms with Crippen LogP contribution in [0.2, 0.25) is 0 Å². The Morgan fingerprint density at radius 3 is 2.59 bits per heavy atom. The first-order valence-corrected chi connectivity index (χ1v) is 9.55. The average molecular weight is 386 g/mol. The fourth-order valence-corrected chi connectivity index (χ4v) is 3.99. The molecule has 0 aliphatic heterocycles. The number of methoxy groups -OCH3 is 2. The summed E-state index contributed by atoms with van der Waals surface area (Å²) in [5, 5.41) is 3.61. The van der Waals surface area contributed by atoms with E-state index in [-0.39, 0.29) is 17.9 Å². The minimum Gasteiger partial charge on any atom is -0.497 e. The summed E-state index contributed by atoms with van der Waals surface area (Å²) in [5.41, 5.74) is 4.54. The maximum absolute atomic E-state index is 14.1. The van der Waals surface area contributed by atoms with Crippen molar-refractivity contribution < 1.29 is 13.9 Å². The van der Waals surface area contributed by atoms with Crippen molar-refractivity contribution in [2.24, 2.45) is 0 Å². The number of aromatic nitrogens is 1. The zero-order valence-electron chi connectivity index (χ0n) is 15.8. The second-order valence-electron chi connectivity index (χ2n) is 6.29. The molecule has 0 fully saturated rings. The van der Waals surface area contributed by atoms with E-state index >= 15 is 0 Å². The summed E-state index contributed by atoms with van der Waals surface area (Å²) in [5.74, 6) is 1.07. The highest BCUT2D eigenvalue weighted by Crippen LogP contribution is 2.35. The van der Waals surface area contributed by atoms with Crippen LogP contribution in [0.25, 0.3) is 0 Å². The van der Waals surface area contributed by atoms with Gasteiger partial charge in [0.05, 0.1) is 31.5 Å². The van der Waals surface area contributed by atoms with Gasteiger partial charge in [0.15, 0.2) is 0 Å². The Hall–Kier alpha value is -2.44. The highest BCUT2D eigenvalue weighted by atomic mass is 32.1. The Balaban J connectivity index is 2.06. The monoisotopic (exact) mass is 386 g/mol. The van der Waals surface area contributed by atoms with E-state index in [9.17, 15) is 4.39 Å². The van der Waals surface area contributed by atoms with Gasteiger partial charge in [-0.3, -0.25) is 5.32 Å². The van der Waals surface area contributed by atoms with E-state index in [2.05, 4.69) is 17.2 Å². The number of benzene rings is 2.